The van der Waals surface area contributed by atoms with Crippen LogP contribution >= 0.6 is 34.0 Å². The number of aromatic nitrogens is 3. The third kappa shape index (κ3) is 16.0. The molecule has 0 bridgehead atoms. The number of carbonyl (C=O) groups is 6. The van der Waals surface area contributed by atoms with Crippen LogP contribution in [-0.2, 0) is 30.4 Å². The van der Waals surface area contributed by atoms with Crippen molar-refractivity contribution in [2.75, 3.05) is 27.3 Å². The number of carbonyl (C=O) groups excluding carboxylic acids is 5. The minimum atomic E-state index is -1.12. The highest BCUT2D eigenvalue weighted by molar-refractivity contribution is 7.21. The summed E-state index contributed by atoms with van der Waals surface area (Å²) in [5.74, 6) is -0.913. The van der Waals surface area contributed by atoms with Gasteiger partial charge < -0.3 is 55.2 Å². The quantitative estimate of drug-likeness (QED) is 0.0414. The summed E-state index contributed by atoms with van der Waals surface area (Å²) in [4.78, 5) is 85.0. The SMILES string of the molecule is CC(C)Oc1ccnc2cc(C(=O)O)sc12.COC(=O)[C@@H](CNC(=O)c1cc2nccc(OC(C)C)c2s1)NC(=O)OCc1ccccc1.COC(=O)[C@H](N)CNC(=O)c1cc2nccc(OC(C)C)c2s1. The second-order valence-electron chi connectivity index (χ2n) is 16.0. The molecule has 0 fully saturated rings. The van der Waals surface area contributed by atoms with E-state index in [-0.39, 0.29) is 48.8 Å². The van der Waals surface area contributed by atoms with Gasteiger partial charge in [0.05, 0.1) is 72.9 Å². The predicted octanol–water partition coefficient (Wildman–Crippen LogP) is 7.38. The van der Waals surface area contributed by atoms with Gasteiger partial charge in [0.15, 0.2) is 0 Å². The highest BCUT2D eigenvalue weighted by atomic mass is 32.1. The van der Waals surface area contributed by atoms with E-state index in [1.54, 1.807) is 55.0 Å². The Morgan fingerprint density at radius 3 is 1.43 bits per heavy atom. The van der Waals surface area contributed by atoms with Crippen LogP contribution in [0.5, 0.6) is 17.2 Å². The molecule has 0 unspecified atom stereocenters. The van der Waals surface area contributed by atoms with E-state index in [4.69, 9.17) is 34.5 Å². The minimum Gasteiger partial charge on any atom is -0.489 e. The molecule has 0 aliphatic rings. The van der Waals surface area contributed by atoms with E-state index in [0.29, 0.717) is 43.6 Å². The van der Waals surface area contributed by atoms with Crippen LogP contribution in [0.3, 0.4) is 0 Å². The van der Waals surface area contributed by atoms with Gasteiger partial charge in [0.2, 0.25) is 0 Å². The molecule has 6 heterocycles. The second kappa shape index (κ2) is 26.7. The Labute approximate surface area is 426 Å². The van der Waals surface area contributed by atoms with E-state index < -0.39 is 42.0 Å². The van der Waals surface area contributed by atoms with Crippen molar-refractivity contribution in [3.8, 4) is 17.2 Å². The maximum absolute atomic E-state index is 12.7. The predicted molar refractivity (Wildman–Crippen MR) is 273 cm³/mol. The Morgan fingerprint density at radius 2 is 1.01 bits per heavy atom. The molecule has 0 saturated carbocycles. The fraction of sp³-hybridized carbons (Fsp3) is 0.327. The zero-order valence-electron chi connectivity index (χ0n) is 40.6. The van der Waals surface area contributed by atoms with Gasteiger partial charge >= 0.3 is 24.0 Å². The van der Waals surface area contributed by atoms with Crippen molar-refractivity contribution in [3.05, 3.63) is 106 Å². The Balaban J connectivity index is 0.000000214. The van der Waals surface area contributed by atoms with Crippen LogP contribution in [0.1, 0.15) is 76.1 Å². The first kappa shape index (κ1) is 55.5. The summed E-state index contributed by atoms with van der Waals surface area (Å²) in [5, 5.41) is 16.6. The van der Waals surface area contributed by atoms with Crippen molar-refractivity contribution in [1.29, 1.82) is 0 Å². The number of benzene rings is 1. The highest BCUT2D eigenvalue weighted by Crippen LogP contribution is 2.35. The van der Waals surface area contributed by atoms with Crippen LogP contribution < -0.4 is 35.9 Å². The maximum Gasteiger partial charge on any atom is 0.408 e. The van der Waals surface area contributed by atoms with Gasteiger partial charge in [-0.3, -0.25) is 29.3 Å². The van der Waals surface area contributed by atoms with E-state index in [2.05, 4.69) is 35.6 Å². The first-order valence-electron chi connectivity index (χ1n) is 22.2. The smallest absolute Gasteiger partial charge is 0.408 e. The molecule has 23 heteroatoms. The van der Waals surface area contributed by atoms with Gasteiger partial charge in [0.1, 0.15) is 40.8 Å². The largest absolute Gasteiger partial charge is 0.489 e. The number of alkyl carbamates (subject to hydrolysis) is 1. The second-order valence-corrected chi connectivity index (χ2v) is 19.2. The van der Waals surface area contributed by atoms with Crippen LogP contribution in [0.4, 0.5) is 4.79 Å². The third-order valence-electron chi connectivity index (χ3n) is 9.32. The number of carboxylic acids is 1. The highest BCUT2D eigenvalue weighted by Gasteiger charge is 2.25. The molecule has 20 nitrogen and oxygen atoms in total. The number of amides is 3. The number of pyridine rings is 3. The molecule has 0 aliphatic carbocycles. The van der Waals surface area contributed by atoms with Crippen molar-refractivity contribution in [2.45, 2.75) is 78.5 Å². The number of rotatable bonds is 18. The number of nitrogens with zero attached hydrogens (tertiary/aromatic N) is 3. The molecule has 382 valence electrons. The van der Waals surface area contributed by atoms with E-state index in [0.717, 1.165) is 19.7 Å². The fourth-order valence-corrected chi connectivity index (χ4v) is 9.05. The molecular formula is C49H55N7O13S3. The van der Waals surface area contributed by atoms with Crippen molar-refractivity contribution in [3.63, 3.8) is 0 Å². The summed E-state index contributed by atoms with van der Waals surface area (Å²) in [7, 11) is 2.44. The number of hydrogen-bond acceptors (Lipinski definition) is 19. The van der Waals surface area contributed by atoms with Crippen molar-refractivity contribution in [1.82, 2.24) is 30.9 Å². The van der Waals surface area contributed by atoms with Crippen LogP contribution in [0.15, 0.2) is 85.3 Å². The fourth-order valence-electron chi connectivity index (χ4n) is 6.16. The number of ether oxygens (including phenoxy) is 6. The average Bonchev–Trinajstić information content (AvgIpc) is 4.12. The van der Waals surface area contributed by atoms with E-state index >= 15 is 0 Å². The molecule has 2 atom stereocenters. The summed E-state index contributed by atoms with van der Waals surface area (Å²) in [6.45, 7) is 11.4. The lowest BCUT2D eigenvalue weighted by Crippen LogP contribution is -2.49. The third-order valence-corrected chi connectivity index (χ3v) is 12.7. The number of aromatic carboxylic acids is 1. The summed E-state index contributed by atoms with van der Waals surface area (Å²) >= 11 is 3.70. The number of methoxy groups -OCH3 is 2. The number of thiophene rings is 3. The molecule has 72 heavy (non-hydrogen) atoms. The van der Waals surface area contributed by atoms with E-state index in [9.17, 15) is 28.8 Å². The zero-order valence-corrected chi connectivity index (χ0v) is 43.0. The van der Waals surface area contributed by atoms with Crippen molar-refractivity contribution < 1.29 is 62.3 Å². The monoisotopic (exact) mass is 1050 g/mol. The summed E-state index contributed by atoms with van der Waals surface area (Å²) in [6.07, 6.45) is 4.14. The summed E-state index contributed by atoms with van der Waals surface area (Å²) in [5.41, 5.74) is 8.38. The van der Waals surface area contributed by atoms with Gasteiger partial charge in [-0.1, -0.05) is 30.3 Å². The first-order chi connectivity index (χ1) is 34.4. The number of esters is 2. The molecule has 7 aromatic rings. The lowest BCUT2D eigenvalue weighted by molar-refractivity contribution is -0.143. The maximum atomic E-state index is 12.7. The number of nitrogens with two attached hydrogens (primary N) is 1. The Kier molecular flexibility index (Phi) is 20.5. The number of fused-ring (bicyclic) bond motifs is 3. The Hall–Kier alpha value is -7.47. The lowest BCUT2D eigenvalue weighted by atomic mass is 10.2. The van der Waals surface area contributed by atoms with Gasteiger partial charge in [-0.15, -0.1) is 34.0 Å². The molecule has 0 saturated heterocycles. The Bertz CT molecular complexity index is 2980. The lowest BCUT2D eigenvalue weighted by Gasteiger charge is -2.17. The first-order valence-corrected chi connectivity index (χ1v) is 24.7. The molecule has 0 radical (unpaired) electrons. The molecule has 0 aliphatic heterocycles. The van der Waals surface area contributed by atoms with Crippen molar-refractivity contribution >= 4 is 100 Å². The molecule has 3 amide bonds. The molecule has 0 spiro atoms. The average molecular weight is 1050 g/mol. The van der Waals surface area contributed by atoms with Crippen LogP contribution in [0.2, 0.25) is 0 Å². The van der Waals surface area contributed by atoms with Gasteiger partial charge in [0, 0.05) is 31.7 Å². The Morgan fingerprint density at radius 1 is 0.597 bits per heavy atom. The number of nitrogens with one attached hydrogen (secondary N) is 3. The normalized spacial score (nSPS) is 11.7. The van der Waals surface area contributed by atoms with Crippen LogP contribution in [0.25, 0.3) is 30.6 Å². The molecular weight excluding hydrogens is 991 g/mol. The van der Waals surface area contributed by atoms with Gasteiger partial charge in [-0.25, -0.2) is 14.4 Å². The van der Waals surface area contributed by atoms with Gasteiger partial charge in [0.25, 0.3) is 11.8 Å². The summed E-state index contributed by atoms with van der Waals surface area (Å²) < 4.78 is 33.8. The molecule has 6 N–H and O–H groups in total. The van der Waals surface area contributed by atoms with E-state index in [1.165, 1.54) is 48.2 Å². The van der Waals surface area contributed by atoms with Gasteiger partial charge in [-0.2, -0.15) is 0 Å². The molecule has 7 rings (SSSR count). The topological polar surface area (TPSA) is 279 Å². The number of carboxylic acid groups (broad SMARTS) is 1. The number of hydrogen-bond donors (Lipinski definition) is 5. The zero-order chi connectivity index (χ0) is 52.5. The minimum absolute atomic E-state index is 0.00251. The van der Waals surface area contributed by atoms with Crippen LogP contribution in [-0.4, -0.2) is 114 Å². The summed E-state index contributed by atoms with van der Waals surface area (Å²) in [6, 6.07) is 17.3. The van der Waals surface area contributed by atoms with Gasteiger partial charge in [-0.05, 0) is 83.5 Å². The molecule has 6 aromatic heterocycles. The molecule has 1 aromatic carbocycles. The van der Waals surface area contributed by atoms with Crippen LogP contribution in [0, 0.1) is 0 Å². The van der Waals surface area contributed by atoms with Crippen molar-refractivity contribution in [2.24, 2.45) is 5.73 Å². The standard InChI is InChI=1S/C23H25N3O6S.C15H19N3O4S.C11H11NO3S/c1-14(2)32-18-9-10-24-16-11-19(33-20(16)18)21(27)25-12-17(22(28)30-3)26-23(29)31-13-15-7-5-4-6-8-15;1-8(2)22-11-4-5-17-10-6-12(23-13(10)11)14(19)18-7-9(16)15(20)21-3;1-6(2)15-8-3-4-12-7-5-9(11(13)14)16-10(7)8/h4-11,14,17H,12-13H2,1-3H3,(H,25,27)(H,26,29);4-6,8-9H,7,16H2,1-3H3,(H,18,19);3-6H,1-2H3,(H,13,14)/t17-;9-;/m11./s1. The van der Waals surface area contributed by atoms with E-state index in [1.807, 2.05) is 71.9 Å².